The van der Waals surface area contributed by atoms with Crippen molar-refractivity contribution in [2.24, 2.45) is 0 Å². The molecule has 0 fully saturated rings. The molecule has 0 unspecified atom stereocenters. The number of benzene rings is 1. The molecule has 15 heteroatoms. The lowest BCUT2D eigenvalue weighted by atomic mass is 10.2. The molecule has 2 aromatic rings. The molecule has 0 aliphatic carbocycles. The predicted molar refractivity (Wildman–Crippen MR) is 140 cm³/mol. The zero-order chi connectivity index (χ0) is 27.3. The fraction of sp³-hybridized carbons (Fsp3) is 0.571. The van der Waals surface area contributed by atoms with Crippen LogP contribution in [0.25, 0.3) is 10.1 Å². The number of hydrogen-bond acceptors (Lipinski definition) is 8. The molecule has 2 rings (SSSR count). The minimum Gasteiger partial charge on any atom is -0.490 e. The second kappa shape index (κ2) is 12.5. The highest BCUT2D eigenvalue weighted by Gasteiger charge is 2.39. The maximum Gasteiger partial charge on any atom is 0.424 e. The van der Waals surface area contributed by atoms with Crippen molar-refractivity contribution >= 4 is 68.3 Å². The molecule has 2 N–H and O–H groups in total. The Morgan fingerprint density at radius 1 is 1.08 bits per heavy atom. The van der Waals surface area contributed by atoms with Crippen LogP contribution in [0.3, 0.4) is 0 Å². The number of ether oxygens (including phenoxy) is 3. The van der Waals surface area contributed by atoms with Gasteiger partial charge in [0.2, 0.25) is 0 Å². The number of hydrogen-bond donors (Lipinski definition) is 2. The lowest BCUT2D eigenvalue weighted by molar-refractivity contribution is 0.0404. The van der Waals surface area contributed by atoms with E-state index in [0.717, 1.165) is 11.3 Å². The number of fused-ring (bicyclic) bond motifs is 1. The first kappa shape index (κ1) is 31.0. The Balaban J connectivity index is 2.61. The summed E-state index contributed by atoms with van der Waals surface area (Å²) in [6.07, 6.45) is -1.59. The second-order valence-corrected chi connectivity index (χ2v) is 14.2. The van der Waals surface area contributed by atoms with Crippen molar-refractivity contribution in [1.29, 1.82) is 0 Å². The molecule has 204 valence electrons. The standard InChI is InChI=1S/C21H30Cl2NO9PS2/c1-14-15-11-16(31-9-5-7-22)17(32-10-6-8-23)12-18(15)35-19(14)36(29,30)24(13-34(26,27)28)20(25)33-21(2,3)4/h11-12H,5-10,13H2,1-4H3,(H2,26,27,28). The number of alkyl halides is 2. The van der Waals surface area contributed by atoms with E-state index in [4.69, 9.17) is 37.4 Å². The molecule has 0 atom stereocenters. The smallest absolute Gasteiger partial charge is 0.424 e. The first-order valence-electron chi connectivity index (χ1n) is 10.9. The van der Waals surface area contributed by atoms with Gasteiger partial charge >= 0.3 is 13.7 Å². The lowest BCUT2D eigenvalue weighted by Crippen LogP contribution is -2.41. The third-order valence-corrected chi connectivity index (χ3v) is 9.41. The third-order valence-electron chi connectivity index (χ3n) is 4.46. The Labute approximate surface area is 224 Å². The molecule has 0 radical (unpaired) electrons. The molecule has 0 saturated carbocycles. The third kappa shape index (κ3) is 8.37. The molecule has 1 heterocycles. The minimum absolute atomic E-state index is 0.0759. The van der Waals surface area contributed by atoms with Gasteiger partial charge in [0.15, 0.2) is 11.5 Å². The fourth-order valence-electron chi connectivity index (χ4n) is 2.96. The summed E-state index contributed by atoms with van der Waals surface area (Å²) in [6.45, 7) is 6.68. The lowest BCUT2D eigenvalue weighted by Gasteiger charge is -2.26. The molecule has 0 aliphatic rings. The maximum atomic E-state index is 13.5. The summed E-state index contributed by atoms with van der Waals surface area (Å²) in [5.41, 5.74) is -0.816. The van der Waals surface area contributed by atoms with Gasteiger partial charge in [0, 0.05) is 27.9 Å². The molecule has 0 bridgehead atoms. The molecule has 0 spiro atoms. The highest BCUT2D eigenvalue weighted by atomic mass is 35.5. The van der Waals surface area contributed by atoms with E-state index in [1.807, 2.05) is 0 Å². The van der Waals surface area contributed by atoms with Gasteiger partial charge < -0.3 is 24.0 Å². The van der Waals surface area contributed by atoms with Crippen LogP contribution >= 0.6 is 42.1 Å². The van der Waals surface area contributed by atoms with Crippen LogP contribution in [0.15, 0.2) is 16.3 Å². The van der Waals surface area contributed by atoms with Crippen LogP contribution in [0, 0.1) is 6.92 Å². The van der Waals surface area contributed by atoms with Crippen LogP contribution in [0.1, 0.15) is 39.2 Å². The Bertz CT molecular complexity index is 1220. The van der Waals surface area contributed by atoms with Crippen LogP contribution in [-0.2, 0) is 19.3 Å². The average Bonchev–Trinajstić information content (AvgIpc) is 3.07. The molecule has 1 aromatic heterocycles. The average molecular weight is 606 g/mol. The van der Waals surface area contributed by atoms with E-state index >= 15 is 0 Å². The quantitative estimate of drug-likeness (QED) is 0.188. The van der Waals surface area contributed by atoms with Crippen LogP contribution in [0.5, 0.6) is 11.5 Å². The molecule has 36 heavy (non-hydrogen) atoms. The Morgan fingerprint density at radius 2 is 1.61 bits per heavy atom. The van der Waals surface area contributed by atoms with Gasteiger partial charge in [0.05, 0.1) is 13.2 Å². The summed E-state index contributed by atoms with van der Waals surface area (Å²) in [5.74, 6) is 1.55. The molecular formula is C21H30Cl2NO9PS2. The topological polar surface area (TPSA) is 140 Å². The number of halogens is 2. The molecular weight excluding hydrogens is 576 g/mol. The van der Waals surface area contributed by atoms with Gasteiger partial charge in [-0.3, -0.25) is 4.57 Å². The van der Waals surface area contributed by atoms with Crippen molar-refractivity contribution < 1.29 is 41.8 Å². The van der Waals surface area contributed by atoms with Gasteiger partial charge in [-0.1, -0.05) is 0 Å². The van der Waals surface area contributed by atoms with Crippen LogP contribution in [-0.4, -0.2) is 65.5 Å². The summed E-state index contributed by atoms with van der Waals surface area (Å²) in [7, 11) is -9.66. The first-order chi connectivity index (χ1) is 16.6. The fourth-order valence-corrected chi connectivity index (χ4v) is 7.53. The van der Waals surface area contributed by atoms with Crippen LogP contribution in [0.4, 0.5) is 4.79 Å². The van der Waals surface area contributed by atoms with Crippen molar-refractivity contribution in [2.75, 3.05) is 31.3 Å². The van der Waals surface area contributed by atoms with Gasteiger partial charge in [-0.05, 0) is 52.2 Å². The number of carbonyl (C=O) groups excluding carboxylic acids is 1. The van der Waals surface area contributed by atoms with E-state index in [0.29, 0.717) is 59.4 Å². The van der Waals surface area contributed by atoms with E-state index < -0.39 is 35.6 Å². The minimum atomic E-state index is -4.97. The largest absolute Gasteiger partial charge is 0.490 e. The number of carbonyl (C=O) groups is 1. The van der Waals surface area contributed by atoms with Crippen LogP contribution < -0.4 is 9.47 Å². The summed E-state index contributed by atoms with van der Waals surface area (Å²) in [5, 5.41) is 0.518. The van der Waals surface area contributed by atoms with E-state index in [1.165, 1.54) is 27.7 Å². The van der Waals surface area contributed by atoms with Gasteiger partial charge in [-0.2, -0.15) is 12.7 Å². The molecule has 0 aliphatic heterocycles. The number of nitrogens with zero attached hydrogens (tertiary/aromatic N) is 1. The van der Waals surface area contributed by atoms with Crippen LogP contribution in [0.2, 0.25) is 0 Å². The van der Waals surface area contributed by atoms with Gasteiger partial charge in [-0.15, -0.1) is 34.5 Å². The summed E-state index contributed by atoms with van der Waals surface area (Å²) in [4.78, 5) is 31.7. The van der Waals surface area contributed by atoms with Gasteiger partial charge in [0.1, 0.15) is 16.1 Å². The first-order valence-corrected chi connectivity index (χ1v) is 16.0. The van der Waals surface area contributed by atoms with E-state index in [9.17, 15) is 27.6 Å². The summed E-state index contributed by atoms with van der Waals surface area (Å²) in [6, 6.07) is 3.25. The van der Waals surface area contributed by atoms with Crippen molar-refractivity contribution in [2.45, 2.75) is 50.3 Å². The number of thiophene rings is 1. The normalized spacial score (nSPS) is 12.6. The number of sulfonamides is 1. The molecule has 10 nitrogen and oxygen atoms in total. The Morgan fingerprint density at radius 3 is 2.08 bits per heavy atom. The highest BCUT2D eigenvalue weighted by Crippen LogP contribution is 2.44. The van der Waals surface area contributed by atoms with E-state index in [-0.39, 0.29) is 14.1 Å². The van der Waals surface area contributed by atoms with Crippen molar-refractivity contribution in [3.05, 3.63) is 17.7 Å². The summed E-state index contributed by atoms with van der Waals surface area (Å²) < 4.78 is 55.8. The van der Waals surface area contributed by atoms with Crippen molar-refractivity contribution in [3.63, 3.8) is 0 Å². The second-order valence-electron chi connectivity index (χ2n) is 8.73. The number of rotatable bonds is 12. The molecule has 1 aromatic carbocycles. The zero-order valence-corrected chi connectivity index (χ0v) is 24.4. The van der Waals surface area contributed by atoms with E-state index in [2.05, 4.69) is 0 Å². The highest BCUT2D eigenvalue weighted by molar-refractivity contribution is 7.92. The molecule has 0 saturated heterocycles. The number of aryl methyl sites for hydroxylation is 1. The Hall–Kier alpha value is -1.27. The number of amides is 1. The SMILES string of the molecule is Cc1c(S(=O)(=O)N(CP(=O)(O)O)C(=O)OC(C)(C)C)sc2cc(OCCCCl)c(OCCCCl)cc12. The van der Waals surface area contributed by atoms with Crippen molar-refractivity contribution in [1.82, 2.24) is 4.31 Å². The van der Waals surface area contributed by atoms with Gasteiger partial charge in [0.25, 0.3) is 10.0 Å². The molecule has 1 amide bonds. The van der Waals surface area contributed by atoms with Gasteiger partial charge in [-0.25, -0.2) is 4.79 Å². The monoisotopic (exact) mass is 605 g/mol. The van der Waals surface area contributed by atoms with E-state index in [1.54, 1.807) is 12.1 Å². The zero-order valence-electron chi connectivity index (χ0n) is 20.3. The Kier molecular flexibility index (Phi) is 10.8. The maximum absolute atomic E-state index is 13.5. The predicted octanol–water partition coefficient (Wildman–Crippen LogP) is 5.29. The summed E-state index contributed by atoms with van der Waals surface area (Å²) >= 11 is 12.3. The van der Waals surface area contributed by atoms with Crippen molar-refractivity contribution in [3.8, 4) is 11.5 Å².